The molecule has 0 aliphatic heterocycles. The first-order valence-electron chi connectivity index (χ1n) is 7.53. The van der Waals surface area contributed by atoms with Gasteiger partial charge in [-0.25, -0.2) is 0 Å². The van der Waals surface area contributed by atoms with Crippen LogP contribution in [-0.4, -0.2) is 18.6 Å². The predicted molar refractivity (Wildman–Crippen MR) is 81.0 cm³/mol. The molecule has 0 bridgehead atoms. The van der Waals surface area contributed by atoms with Crippen molar-refractivity contribution in [3.05, 3.63) is 23.8 Å². The Morgan fingerprint density at radius 3 is 2.60 bits per heavy atom. The number of nitrogens with two attached hydrogens (primary N) is 1. The zero-order valence-corrected chi connectivity index (χ0v) is 12.2. The van der Waals surface area contributed by atoms with E-state index in [-0.39, 0.29) is 5.91 Å². The molecule has 1 aliphatic carbocycles. The van der Waals surface area contributed by atoms with Crippen molar-refractivity contribution in [2.75, 3.05) is 12.3 Å². The normalized spacial score (nSPS) is 16.4. The maximum absolute atomic E-state index is 12.3. The summed E-state index contributed by atoms with van der Waals surface area (Å²) < 4.78 is 5.43. The molecule has 0 spiro atoms. The zero-order chi connectivity index (χ0) is 14.4. The lowest BCUT2D eigenvalue weighted by molar-refractivity contribution is 0.0933. The Bertz CT molecular complexity index is 452. The SMILES string of the molecule is CCOc1cc(N)cc(C(=O)NC2CCCCCC2)c1. The molecule has 0 aromatic heterocycles. The average Bonchev–Trinajstić information content (AvgIpc) is 2.67. The lowest BCUT2D eigenvalue weighted by atomic mass is 10.1. The molecule has 0 unspecified atom stereocenters. The highest BCUT2D eigenvalue weighted by Crippen LogP contribution is 2.21. The lowest BCUT2D eigenvalue weighted by Crippen LogP contribution is -2.34. The quantitative estimate of drug-likeness (QED) is 0.656. The van der Waals surface area contributed by atoms with Gasteiger partial charge in [-0.2, -0.15) is 0 Å². The van der Waals surface area contributed by atoms with Crippen LogP contribution in [-0.2, 0) is 0 Å². The maximum atomic E-state index is 12.3. The molecular formula is C16H24N2O2. The third-order valence-electron chi connectivity index (χ3n) is 3.69. The molecule has 4 nitrogen and oxygen atoms in total. The average molecular weight is 276 g/mol. The highest BCUT2D eigenvalue weighted by Gasteiger charge is 2.16. The Morgan fingerprint density at radius 1 is 1.25 bits per heavy atom. The van der Waals surface area contributed by atoms with Gasteiger partial charge in [0.25, 0.3) is 5.91 Å². The third kappa shape index (κ3) is 4.15. The van der Waals surface area contributed by atoms with Crippen molar-refractivity contribution in [3.8, 4) is 5.75 Å². The van der Waals surface area contributed by atoms with Gasteiger partial charge in [0.1, 0.15) is 5.75 Å². The van der Waals surface area contributed by atoms with E-state index in [9.17, 15) is 4.79 Å². The number of benzene rings is 1. The number of carbonyl (C=O) groups is 1. The van der Waals surface area contributed by atoms with Crippen molar-refractivity contribution in [2.45, 2.75) is 51.5 Å². The molecule has 1 aliphatic rings. The van der Waals surface area contributed by atoms with Crippen molar-refractivity contribution in [2.24, 2.45) is 0 Å². The number of amides is 1. The third-order valence-corrected chi connectivity index (χ3v) is 3.69. The Morgan fingerprint density at radius 2 is 1.95 bits per heavy atom. The van der Waals surface area contributed by atoms with Crippen LogP contribution in [0.1, 0.15) is 55.8 Å². The van der Waals surface area contributed by atoms with Gasteiger partial charge in [-0.3, -0.25) is 4.79 Å². The highest BCUT2D eigenvalue weighted by atomic mass is 16.5. The summed E-state index contributed by atoms with van der Waals surface area (Å²) in [7, 11) is 0. The van der Waals surface area contributed by atoms with E-state index in [1.54, 1.807) is 18.2 Å². The van der Waals surface area contributed by atoms with E-state index in [2.05, 4.69) is 5.32 Å². The minimum Gasteiger partial charge on any atom is -0.494 e. The molecule has 1 aromatic rings. The van der Waals surface area contributed by atoms with Crippen LogP contribution in [0, 0.1) is 0 Å². The molecule has 0 heterocycles. The molecule has 1 fully saturated rings. The molecule has 3 N–H and O–H groups in total. The number of hydrogen-bond donors (Lipinski definition) is 2. The van der Waals surface area contributed by atoms with Crippen molar-refractivity contribution >= 4 is 11.6 Å². The molecule has 0 radical (unpaired) electrons. The van der Waals surface area contributed by atoms with Crippen LogP contribution in [0.5, 0.6) is 5.75 Å². The first-order valence-corrected chi connectivity index (χ1v) is 7.53. The second-order valence-electron chi connectivity index (χ2n) is 5.39. The molecule has 0 saturated heterocycles. The summed E-state index contributed by atoms with van der Waals surface area (Å²) in [5.41, 5.74) is 6.96. The van der Waals surface area contributed by atoms with E-state index in [0.29, 0.717) is 29.6 Å². The summed E-state index contributed by atoms with van der Waals surface area (Å²) in [5.74, 6) is 0.601. The molecule has 0 atom stereocenters. The minimum atomic E-state index is -0.0508. The van der Waals surface area contributed by atoms with Gasteiger partial charge in [0.05, 0.1) is 6.61 Å². The number of carbonyl (C=O) groups excluding carboxylic acids is 1. The molecule has 20 heavy (non-hydrogen) atoms. The van der Waals surface area contributed by atoms with Crippen LogP contribution >= 0.6 is 0 Å². The number of anilines is 1. The number of rotatable bonds is 4. The predicted octanol–water partition coefficient (Wildman–Crippen LogP) is 3.12. The Labute approximate surface area is 120 Å². The largest absolute Gasteiger partial charge is 0.494 e. The van der Waals surface area contributed by atoms with E-state index in [1.165, 1.54) is 25.7 Å². The highest BCUT2D eigenvalue weighted by molar-refractivity contribution is 5.95. The van der Waals surface area contributed by atoms with Gasteiger partial charge in [0.2, 0.25) is 0 Å². The number of nitrogen functional groups attached to an aromatic ring is 1. The van der Waals surface area contributed by atoms with E-state index in [4.69, 9.17) is 10.5 Å². The molecule has 1 saturated carbocycles. The van der Waals surface area contributed by atoms with Crippen molar-refractivity contribution in [3.63, 3.8) is 0 Å². The summed E-state index contributed by atoms with van der Waals surface area (Å²) in [4.78, 5) is 12.3. The summed E-state index contributed by atoms with van der Waals surface area (Å²) in [5, 5.41) is 3.12. The standard InChI is InChI=1S/C16H24N2O2/c1-2-20-15-10-12(9-13(17)11-15)16(19)18-14-7-5-3-4-6-8-14/h9-11,14H,2-8,17H2,1H3,(H,18,19). The first kappa shape index (κ1) is 14.7. The molecule has 110 valence electrons. The fraction of sp³-hybridized carbons (Fsp3) is 0.562. The Hall–Kier alpha value is -1.71. The van der Waals surface area contributed by atoms with Gasteiger partial charge in [0, 0.05) is 23.4 Å². The van der Waals surface area contributed by atoms with E-state index in [0.717, 1.165) is 12.8 Å². The number of ether oxygens (including phenoxy) is 1. The summed E-state index contributed by atoms with van der Waals surface area (Å²) >= 11 is 0. The van der Waals surface area contributed by atoms with Crippen LogP contribution in [0.3, 0.4) is 0 Å². The van der Waals surface area contributed by atoms with E-state index < -0.39 is 0 Å². The molecule has 1 amide bonds. The van der Waals surface area contributed by atoms with Gasteiger partial charge in [-0.05, 0) is 31.9 Å². The fourth-order valence-corrected chi connectivity index (χ4v) is 2.70. The second kappa shape index (κ2) is 7.17. The zero-order valence-electron chi connectivity index (χ0n) is 12.2. The fourth-order valence-electron chi connectivity index (χ4n) is 2.70. The molecule has 2 rings (SSSR count). The molecule has 4 heteroatoms. The van der Waals surface area contributed by atoms with E-state index >= 15 is 0 Å². The summed E-state index contributed by atoms with van der Waals surface area (Å²) in [6.07, 6.45) is 7.11. The number of nitrogens with one attached hydrogen (secondary N) is 1. The Kier molecular flexibility index (Phi) is 5.27. The van der Waals surface area contributed by atoms with Crippen molar-refractivity contribution in [1.29, 1.82) is 0 Å². The van der Waals surface area contributed by atoms with Gasteiger partial charge in [-0.15, -0.1) is 0 Å². The van der Waals surface area contributed by atoms with Gasteiger partial charge in [-0.1, -0.05) is 25.7 Å². The van der Waals surface area contributed by atoms with Crippen LogP contribution < -0.4 is 15.8 Å². The first-order chi connectivity index (χ1) is 9.69. The Balaban J connectivity index is 2.04. The minimum absolute atomic E-state index is 0.0508. The van der Waals surface area contributed by atoms with Gasteiger partial charge < -0.3 is 15.8 Å². The van der Waals surface area contributed by atoms with Crippen LogP contribution in [0.25, 0.3) is 0 Å². The van der Waals surface area contributed by atoms with Gasteiger partial charge in [0.15, 0.2) is 0 Å². The molecule has 1 aromatic carbocycles. The lowest BCUT2D eigenvalue weighted by Gasteiger charge is -2.16. The van der Waals surface area contributed by atoms with Crippen LogP contribution in [0.2, 0.25) is 0 Å². The van der Waals surface area contributed by atoms with E-state index in [1.807, 2.05) is 6.92 Å². The number of hydrogen-bond acceptors (Lipinski definition) is 3. The molecular weight excluding hydrogens is 252 g/mol. The summed E-state index contributed by atoms with van der Waals surface area (Å²) in [6, 6.07) is 5.49. The topological polar surface area (TPSA) is 64.3 Å². The van der Waals surface area contributed by atoms with Crippen molar-refractivity contribution < 1.29 is 9.53 Å². The maximum Gasteiger partial charge on any atom is 0.251 e. The van der Waals surface area contributed by atoms with Gasteiger partial charge >= 0.3 is 0 Å². The van der Waals surface area contributed by atoms with Crippen LogP contribution in [0.15, 0.2) is 18.2 Å². The summed E-state index contributed by atoms with van der Waals surface area (Å²) in [6.45, 7) is 2.47. The monoisotopic (exact) mass is 276 g/mol. The smallest absolute Gasteiger partial charge is 0.251 e. The van der Waals surface area contributed by atoms with Crippen molar-refractivity contribution in [1.82, 2.24) is 5.32 Å². The second-order valence-corrected chi connectivity index (χ2v) is 5.39. The van der Waals surface area contributed by atoms with Crippen LogP contribution in [0.4, 0.5) is 5.69 Å².